The summed E-state index contributed by atoms with van der Waals surface area (Å²) in [6.07, 6.45) is 8.97. The molecule has 1 atom stereocenters. The zero-order chi connectivity index (χ0) is 13.7. The van der Waals surface area contributed by atoms with E-state index >= 15 is 0 Å². The largest absolute Gasteiger partial charge is 0.508 e. The van der Waals surface area contributed by atoms with Crippen LogP contribution in [0, 0.1) is 5.82 Å². The quantitative estimate of drug-likeness (QED) is 0.854. The predicted octanol–water partition coefficient (Wildman–Crippen LogP) is 4.29. The third kappa shape index (κ3) is 4.20. The average Bonchev–Trinajstić information content (AvgIpc) is 2.32. The minimum absolute atomic E-state index is 0.0471. The number of phenolic OH excluding ortho intramolecular Hbond substituents is 1. The third-order valence-electron chi connectivity index (χ3n) is 4.05. The van der Waals surface area contributed by atoms with Crippen LogP contribution in [0.4, 0.5) is 4.39 Å². The van der Waals surface area contributed by atoms with Crippen molar-refractivity contribution in [2.75, 3.05) is 0 Å². The van der Waals surface area contributed by atoms with Crippen molar-refractivity contribution in [3.63, 3.8) is 0 Å². The van der Waals surface area contributed by atoms with Gasteiger partial charge in [-0.1, -0.05) is 38.2 Å². The molecule has 2 N–H and O–H groups in total. The maximum Gasteiger partial charge on any atom is 0.126 e. The van der Waals surface area contributed by atoms with Gasteiger partial charge in [-0.05, 0) is 25.8 Å². The Bertz CT molecular complexity index is 400. The normalized spacial score (nSPS) is 19.7. The SMILES string of the molecule is CC(NC1CCCCCCC1)c1ccc(F)cc1O. The summed E-state index contributed by atoms with van der Waals surface area (Å²) in [7, 11) is 0. The molecule has 1 aromatic carbocycles. The number of aromatic hydroxyl groups is 1. The van der Waals surface area contributed by atoms with Gasteiger partial charge in [0.2, 0.25) is 0 Å². The minimum atomic E-state index is -0.389. The summed E-state index contributed by atoms with van der Waals surface area (Å²) in [4.78, 5) is 0. The van der Waals surface area contributed by atoms with Crippen molar-refractivity contribution in [3.8, 4) is 5.75 Å². The summed E-state index contributed by atoms with van der Waals surface area (Å²) >= 11 is 0. The van der Waals surface area contributed by atoms with Crippen LogP contribution in [0.25, 0.3) is 0 Å². The maximum absolute atomic E-state index is 13.0. The van der Waals surface area contributed by atoms with Gasteiger partial charge in [0.15, 0.2) is 0 Å². The zero-order valence-electron chi connectivity index (χ0n) is 11.7. The summed E-state index contributed by atoms with van der Waals surface area (Å²) in [6, 6.07) is 4.84. The highest BCUT2D eigenvalue weighted by Crippen LogP contribution is 2.26. The number of hydrogen-bond donors (Lipinski definition) is 2. The summed E-state index contributed by atoms with van der Waals surface area (Å²) < 4.78 is 13.0. The molecule has 3 heteroatoms. The zero-order valence-corrected chi connectivity index (χ0v) is 11.7. The van der Waals surface area contributed by atoms with Gasteiger partial charge < -0.3 is 10.4 Å². The Morgan fingerprint density at radius 2 is 1.79 bits per heavy atom. The molecule has 0 bridgehead atoms. The van der Waals surface area contributed by atoms with Gasteiger partial charge in [0, 0.05) is 23.7 Å². The second-order valence-corrected chi connectivity index (χ2v) is 5.63. The molecule has 0 aromatic heterocycles. The molecular weight excluding hydrogens is 241 g/mol. The van der Waals surface area contributed by atoms with Gasteiger partial charge in [0.05, 0.1) is 0 Å². The molecule has 2 rings (SSSR count). The molecule has 1 aliphatic carbocycles. The summed E-state index contributed by atoms with van der Waals surface area (Å²) in [5.74, 6) is -0.342. The Kier molecular flexibility index (Phi) is 5.20. The van der Waals surface area contributed by atoms with E-state index in [-0.39, 0.29) is 17.6 Å². The van der Waals surface area contributed by atoms with Crippen LogP contribution >= 0.6 is 0 Å². The second kappa shape index (κ2) is 6.90. The fourth-order valence-electron chi connectivity index (χ4n) is 2.95. The van der Waals surface area contributed by atoms with E-state index in [9.17, 15) is 9.50 Å². The molecule has 1 aromatic rings. The minimum Gasteiger partial charge on any atom is -0.508 e. The second-order valence-electron chi connectivity index (χ2n) is 5.63. The van der Waals surface area contributed by atoms with Gasteiger partial charge in [-0.25, -0.2) is 4.39 Å². The van der Waals surface area contributed by atoms with Gasteiger partial charge in [-0.3, -0.25) is 0 Å². The summed E-state index contributed by atoms with van der Waals surface area (Å²) in [6.45, 7) is 2.03. The molecule has 1 fully saturated rings. The Hall–Kier alpha value is -1.09. The smallest absolute Gasteiger partial charge is 0.126 e. The number of hydrogen-bond acceptors (Lipinski definition) is 2. The number of nitrogens with one attached hydrogen (secondary N) is 1. The highest BCUT2D eigenvalue weighted by Gasteiger charge is 2.17. The monoisotopic (exact) mass is 265 g/mol. The van der Waals surface area contributed by atoms with Crippen LogP contribution in [-0.2, 0) is 0 Å². The number of benzene rings is 1. The van der Waals surface area contributed by atoms with Crippen molar-refractivity contribution >= 4 is 0 Å². The first-order chi connectivity index (χ1) is 9.16. The van der Waals surface area contributed by atoms with Crippen molar-refractivity contribution in [2.24, 2.45) is 0 Å². The molecule has 2 nitrogen and oxygen atoms in total. The van der Waals surface area contributed by atoms with E-state index < -0.39 is 0 Å². The number of halogens is 1. The first-order valence-electron chi connectivity index (χ1n) is 7.41. The lowest BCUT2D eigenvalue weighted by atomic mass is 9.95. The molecule has 19 heavy (non-hydrogen) atoms. The third-order valence-corrected chi connectivity index (χ3v) is 4.05. The van der Waals surface area contributed by atoms with E-state index in [2.05, 4.69) is 5.32 Å². The average molecular weight is 265 g/mol. The Morgan fingerprint density at radius 1 is 1.16 bits per heavy atom. The first-order valence-corrected chi connectivity index (χ1v) is 7.41. The standard InChI is InChI=1S/C16H24FNO/c1-12(15-10-9-13(17)11-16(15)19)18-14-7-5-3-2-4-6-8-14/h9-12,14,18-19H,2-8H2,1H3. The molecule has 106 valence electrons. The van der Waals surface area contributed by atoms with Crippen LogP contribution in [-0.4, -0.2) is 11.1 Å². The lowest BCUT2D eigenvalue weighted by Gasteiger charge is -2.25. The highest BCUT2D eigenvalue weighted by molar-refractivity contribution is 5.34. The van der Waals surface area contributed by atoms with Gasteiger partial charge in [0.1, 0.15) is 11.6 Å². The molecule has 0 saturated heterocycles. The van der Waals surface area contributed by atoms with Crippen LogP contribution in [0.2, 0.25) is 0 Å². The highest BCUT2D eigenvalue weighted by atomic mass is 19.1. The number of rotatable bonds is 3. The fraction of sp³-hybridized carbons (Fsp3) is 0.625. The molecule has 0 spiro atoms. The fourth-order valence-corrected chi connectivity index (χ4v) is 2.95. The van der Waals surface area contributed by atoms with Crippen molar-refractivity contribution in [1.29, 1.82) is 0 Å². The topological polar surface area (TPSA) is 32.3 Å². The Morgan fingerprint density at radius 3 is 2.42 bits per heavy atom. The molecular formula is C16H24FNO. The van der Waals surface area contributed by atoms with E-state index in [0.717, 1.165) is 5.56 Å². The van der Waals surface area contributed by atoms with Gasteiger partial charge in [-0.2, -0.15) is 0 Å². The molecule has 0 heterocycles. The Balaban J connectivity index is 1.96. The van der Waals surface area contributed by atoms with E-state index in [1.165, 1.54) is 57.1 Å². The van der Waals surface area contributed by atoms with Crippen molar-refractivity contribution in [1.82, 2.24) is 5.32 Å². The van der Waals surface area contributed by atoms with Crippen LogP contribution in [0.3, 0.4) is 0 Å². The first kappa shape index (κ1) is 14.3. The van der Waals surface area contributed by atoms with Crippen molar-refractivity contribution < 1.29 is 9.50 Å². The van der Waals surface area contributed by atoms with Crippen molar-refractivity contribution in [3.05, 3.63) is 29.6 Å². The van der Waals surface area contributed by atoms with Gasteiger partial charge in [-0.15, -0.1) is 0 Å². The lowest BCUT2D eigenvalue weighted by Crippen LogP contribution is -2.32. The van der Waals surface area contributed by atoms with Crippen LogP contribution in [0.1, 0.15) is 63.5 Å². The van der Waals surface area contributed by atoms with Gasteiger partial charge >= 0.3 is 0 Å². The molecule has 1 unspecified atom stereocenters. The lowest BCUT2D eigenvalue weighted by molar-refractivity contribution is 0.356. The van der Waals surface area contributed by atoms with E-state index in [4.69, 9.17) is 0 Å². The molecule has 0 amide bonds. The molecule has 1 aliphatic rings. The number of phenols is 1. The molecule has 0 radical (unpaired) electrons. The summed E-state index contributed by atoms with van der Waals surface area (Å²) in [5.41, 5.74) is 0.781. The van der Waals surface area contributed by atoms with E-state index in [0.29, 0.717) is 6.04 Å². The molecule has 0 aliphatic heterocycles. The molecule has 1 saturated carbocycles. The van der Waals surface area contributed by atoms with Crippen molar-refractivity contribution in [2.45, 2.75) is 64.0 Å². The van der Waals surface area contributed by atoms with Gasteiger partial charge in [0.25, 0.3) is 0 Å². The Labute approximate surface area is 115 Å². The maximum atomic E-state index is 13.0. The van der Waals surface area contributed by atoms with Crippen LogP contribution in [0.5, 0.6) is 5.75 Å². The summed E-state index contributed by atoms with van der Waals surface area (Å²) in [5, 5.41) is 13.4. The van der Waals surface area contributed by atoms with Crippen LogP contribution < -0.4 is 5.32 Å². The predicted molar refractivity (Wildman–Crippen MR) is 75.7 cm³/mol. The van der Waals surface area contributed by atoms with E-state index in [1.54, 1.807) is 6.07 Å². The van der Waals surface area contributed by atoms with E-state index in [1.807, 2.05) is 6.92 Å². The van der Waals surface area contributed by atoms with Crippen LogP contribution in [0.15, 0.2) is 18.2 Å².